The van der Waals surface area contributed by atoms with Crippen molar-refractivity contribution >= 4 is 11.7 Å². The summed E-state index contributed by atoms with van der Waals surface area (Å²) in [7, 11) is 0. The number of ether oxygens (including phenoxy) is 1. The number of nitrogens with zero attached hydrogens (tertiary/aromatic N) is 4. The molecule has 2 N–H and O–H groups in total. The van der Waals surface area contributed by atoms with Crippen LogP contribution < -0.4 is 5.73 Å². The van der Waals surface area contributed by atoms with Crippen LogP contribution in [-0.4, -0.2) is 71.4 Å². The molecule has 116 valence electrons. The molecular weight excluding hydrogens is 270 g/mol. The summed E-state index contributed by atoms with van der Waals surface area (Å²) in [5.41, 5.74) is 5.66. The Morgan fingerprint density at radius 3 is 2.62 bits per heavy atom. The number of morpholine rings is 1. The van der Waals surface area contributed by atoms with E-state index in [1.165, 1.54) is 0 Å². The van der Waals surface area contributed by atoms with Gasteiger partial charge in [0.1, 0.15) is 5.82 Å². The summed E-state index contributed by atoms with van der Waals surface area (Å²) in [5, 5.41) is 4.28. The van der Waals surface area contributed by atoms with Crippen LogP contribution in [0.25, 0.3) is 0 Å². The van der Waals surface area contributed by atoms with Gasteiger partial charge in [-0.1, -0.05) is 0 Å². The molecule has 0 saturated carbocycles. The van der Waals surface area contributed by atoms with Gasteiger partial charge in [0.05, 0.1) is 25.8 Å². The number of hydrogen-bond acceptors (Lipinski definition) is 5. The molecule has 3 rings (SSSR count). The lowest BCUT2D eigenvalue weighted by Gasteiger charge is -2.34. The van der Waals surface area contributed by atoms with E-state index in [2.05, 4.69) is 10.00 Å². The fourth-order valence-corrected chi connectivity index (χ4v) is 3.00. The van der Waals surface area contributed by atoms with Crippen molar-refractivity contribution in [1.29, 1.82) is 0 Å². The maximum atomic E-state index is 12.2. The number of nitrogen functional groups attached to an aromatic ring is 1. The van der Waals surface area contributed by atoms with E-state index in [0.717, 1.165) is 39.0 Å². The van der Waals surface area contributed by atoms with Crippen LogP contribution >= 0.6 is 0 Å². The summed E-state index contributed by atoms with van der Waals surface area (Å²) in [6.45, 7) is 5.15. The minimum Gasteiger partial charge on any atom is -0.382 e. The molecule has 0 atom stereocenters. The third-order valence-electron chi connectivity index (χ3n) is 4.28. The van der Waals surface area contributed by atoms with Gasteiger partial charge in [-0.05, 0) is 18.9 Å². The fourth-order valence-electron chi connectivity index (χ4n) is 3.00. The first-order chi connectivity index (χ1) is 10.2. The van der Waals surface area contributed by atoms with Crippen molar-refractivity contribution in [2.75, 3.05) is 51.7 Å². The van der Waals surface area contributed by atoms with Crippen LogP contribution in [0.5, 0.6) is 0 Å². The smallest absolute Gasteiger partial charge is 0.236 e. The second kappa shape index (κ2) is 6.44. The molecule has 2 fully saturated rings. The lowest BCUT2D eigenvalue weighted by atomic mass is 10.1. The molecule has 3 heterocycles. The van der Waals surface area contributed by atoms with Gasteiger partial charge in [-0.15, -0.1) is 0 Å². The van der Waals surface area contributed by atoms with Crippen molar-refractivity contribution in [2.45, 2.75) is 18.9 Å². The Morgan fingerprint density at radius 2 is 2.00 bits per heavy atom. The maximum absolute atomic E-state index is 12.2. The predicted octanol–water partition coefficient (Wildman–Crippen LogP) is -0.0390. The van der Waals surface area contributed by atoms with Gasteiger partial charge in [0.15, 0.2) is 0 Å². The molecule has 0 bridgehead atoms. The Balaban J connectivity index is 1.46. The molecule has 0 spiro atoms. The number of anilines is 1. The summed E-state index contributed by atoms with van der Waals surface area (Å²) in [6.07, 6.45) is 3.96. The molecule has 0 aliphatic carbocycles. The Bertz CT molecular complexity index is 475. The van der Waals surface area contributed by atoms with E-state index in [1.54, 1.807) is 0 Å². The van der Waals surface area contributed by atoms with E-state index in [0.29, 0.717) is 31.6 Å². The van der Waals surface area contributed by atoms with E-state index in [9.17, 15) is 4.79 Å². The van der Waals surface area contributed by atoms with Crippen LogP contribution in [0.4, 0.5) is 5.82 Å². The number of aromatic nitrogens is 2. The minimum absolute atomic E-state index is 0.222. The van der Waals surface area contributed by atoms with Gasteiger partial charge in [-0.2, -0.15) is 5.10 Å². The SMILES string of the molecule is Nc1ccn(C2CCN(CC(=O)N3CCOCC3)CC2)n1. The van der Waals surface area contributed by atoms with Crippen LogP contribution in [0, 0.1) is 0 Å². The molecule has 0 aromatic carbocycles. The van der Waals surface area contributed by atoms with Gasteiger partial charge >= 0.3 is 0 Å². The largest absolute Gasteiger partial charge is 0.382 e. The number of piperidine rings is 1. The van der Waals surface area contributed by atoms with Crippen molar-refractivity contribution < 1.29 is 9.53 Å². The van der Waals surface area contributed by atoms with Crippen molar-refractivity contribution in [3.8, 4) is 0 Å². The maximum Gasteiger partial charge on any atom is 0.236 e. The lowest BCUT2D eigenvalue weighted by molar-refractivity contribution is -0.136. The Kier molecular flexibility index (Phi) is 4.40. The highest BCUT2D eigenvalue weighted by molar-refractivity contribution is 5.78. The topological polar surface area (TPSA) is 76.6 Å². The van der Waals surface area contributed by atoms with E-state index >= 15 is 0 Å². The molecule has 2 saturated heterocycles. The number of hydrogen-bond donors (Lipinski definition) is 1. The highest BCUT2D eigenvalue weighted by atomic mass is 16.5. The van der Waals surface area contributed by atoms with Gasteiger partial charge in [0, 0.05) is 32.4 Å². The average molecular weight is 293 g/mol. The number of carbonyl (C=O) groups is 1. The zero-order chi connectivity index (χ0) is 14.7. The standard InChI is InChI=1S/C14H23N5O2/c15-13-3-6-19(16-13)12-1-4-17(5-2-12)11-14(20)18-7-9-21-10-8-18/h3,6,12H,1-2,4-5,7-11H2,(H2,15,16). The summed E-state index contributed by atoms with van der Waals surface area (Å²) in [6, 6.07) is 2.23. The summed E-state index contributed by atoms with van der Waals surface area (Å²) in [5.74, 6) is 0.792. The van der Waals surface area contributed by atoms with E-state index in [4.69, 9.17) is 10.5 Å². The van der Waals surface area contributed by atoms with Gasteiger partial charge < -0.3 is 15.4 Å². The quantitative estimate of drug-likeness (QED) is 0.846. The molecule has 2 aliphatic heterocycles. The number of rotatable bonds is 3. The molecule has 21 heavy (non-hydrogen) atoms. The van der Waals surface area contributed by atoms with E-state index < -0.39 is 0 Å². The summed E-state index contributed by atoms with van der Waals surface area (Å²) in [4.78, 5) is 16.4. The van der Waals surface area contributed by atoms with Crippen molar-refractivity contribution in [3.05, 3.63) is 12.3 Å². The van der Waals surface area contributed by atoms with Gasteiger partial charge in [0.2, 0.25) is 5.91 Å². The molecule has 1 amide bonds. The summed E-state index contributed by atoms with van der Waals surface area (Å²) < 4.78 is 7.23. The van der Waals surface area contributed by atoms with Crippen molar-refractivity contribution in [3.63, 3.8) is 0 Å². The first-order valence-corrected chi connectivity index (χ1v) is 7.61. The molecule has 0 radical (unpaired) electrons. The zero-order valence-electron chi connectivity index (χ0n) is 12.3. The molecule has 0 unspecified atom stereocenters. The first kappa shape index (κ1) is 14.3. The molecule has 7 nitrogen and oxygen atoms in total. The third-order valence-corrected chi connectivity index (χ3v) is 4.28. The average Bonchev–Trinajstić information content (AvgIpc) is 2.95. The fraction of sp³-hybridized carbons (Fsp3) is 0.714. The van der Waals surface area contributed by atoms with Crippen LogP contribution in [0.15, 0.2) is 12.3 Å². The van der Waals surface area contributed by atoms with Crippen molar-refractivity contribution in [1.82, 2.24) is 19.6 Å². The molecule has 1 aromatic heterocycles. The number of amides is 1. The number of carbonyl (C=O) groups excluding carboxylic acids is 1. The second-order valence-electron chi connectivity index (χ2n) is 5.72. The van der Waals surface area contributed by atoms with Crippen LogP contribution in [-0.2, 0) is 9.53 Å². The second-order valence-corrected chi connectivity index (χ2v) is 5.72. The first-order valence-electron chi connectivity index (χ1n) is 7.61. The Labute approximate surface area is 124 Å². The van der Waals surface area contributed by atoms with Crippen LogP contribution in [0.1, 0.15) is 18.9 Å². The highest BCUT2D eigenvalue weighted by Gasteiger charge is 2.24. The number of likely N-dealkylation sites (tertiary alicyclic amines) is 1. The highest BCUT2D eigenvalue weighted by Crippen LogP contribution is 2.22. The normalized spacial score (nSPS) is 21.6. The Morgan fingerprint density at radius 1 is 1.29 bits per heavy atom. The zero-order valence-corrected chi connectivity index (χ0v) is 12.3. The van der Waals surface area contributed by atoms with Crippen LogP contribution in [0.3, 0.4) is 0 Å². The molecule has 1 aromatic rings. The summed E-state index contributed by atoms with van der Waals surface area (Å²) >= 11 is 0. The predicted molar refractivity (Wildman–Crippen MR) is 78.7 cm³/mol. The molecule has 2 aliphatic rings. The van der Waals surface area contributed by atoms with Gasteiger partial charge in [-0.25, -0.2) is 0 Å². The van der Waals surface area contributed by atoms with Gasteiger partial charge in [0.25, 0.3) is 0 Å². The minimum atomic E-state index is 0.222. The lowest BCUT2D eigenvalue weighted by Crippen LogP contribution is -2.47. The third kappa shape index (κ3) is 3.54. The van der Waals surface area contributed by atoms with E-state index in [-0.39, 0.29) is 5.91 Å². The van der Waals surface area contributed by atoms with Gasteiger partial charge in [-0.3, -0.25) is 14.4 Å². The monoisotopic (exact) mass is 293 g/mol. The molecule has 7 heteroatoms. The number of nitrogens with two attached hydrogens (primary N) is 1. The van der Waals surface area contributed by atoms with E-state index in [1.807, 2.05) is 21.8 Å². The Hall–Kier alpha value is -1.60. The molecular formula is C14H23N5O2. The van der Waals surface area contributed by atoms with Crippen molar-refractivity contribution in [2.24, 2.45) is 0 Å². The van der Waals surface area contributed by atoms with Crippen LogP contribution in [0.2, 0.25) is 0 Å².